The lowest BCUT2D eigenvalue weighted by Crippen LogP contribution is -1.98. The molecule has 0 unspecified atom stereocenters. The molecule has 17 heavy (non-hydrogen) atoms. The number of rotatable bonds is 4. The summed E-state index contributed by atoms with van der Waals surface area (Å²) in [6.07, 6.45) is 0. The highest BCUT2D eigenvalue weighted by Crippen LogP contribution is 2.28. The minimum Gasteiger partial charge on any atom is -0.486 e. The highest BCUT2D eigenvalue weighted by molar-refractivity contribution is 7.09. The number of thiazole rings is 1. The molecule has 1 aromatic heterocycles. The van der Waals surface area contributed by atoms with Gasteiger partial charge in [-0.25, -0.2) is 4.98 Å². The molecule has 5 heteroatoms. The van der Waals surface area contributed by atoms with E-state index < -0.39 is 0 Å². The minimum absolute atomic E-state index is 0.339. The average Bonchev–Trinajstić information content (AvgIpc) is 2.72. The third kappa shape index (κ3) is 3.12. The second kappa shape index (κ2) is 5.71. The van der Waals surface area contributed by atoms with Gasteiger partial charge in [0.25, 0.3) is 0 Å². The molecule has 0 bridgehead atoms. The monoisotopic (exact) mass is 287 g/mol. The standard InChI is InChI=1S/C12H11Cl2NOS/c1-8-7-17-12(15-8)6-16-11-4-2-3-10(14)9(11)5-13/h2-4,7H,5-6H2,1H3. The molecule has 0 aliphatic rings. The molecule has 0 aliphatic heterocycles. The summed E-state index contributed by atoms with van der Waals surface area (Å²) >= 11 is 13.5. The van der Waals surface area contributed by atoms with Gasteiger partial charge in [0.2, 0.25) is 0 Å². The van der Waals surface area contributed by atoms with E-state index in [2.05, 4.69) is 4.98 Å². The van der Waals surface area contributed by atoms with Crippen LogP contribution in [0.3, 0.4) is 0 Å². The van der Waals surface area contributed by atoms with Crippen molar-refractivity contribution < 1.29 is 4.74 Å². The number of nitrogens with zero attached hydrogens (tertiary/aromatic N) is 1. The molecule has 0 radical (unpaired) electrons. The van der Waals surface area contributed by atoms with E-state index in [1.54, 1.807) is 17.4 Å². The van der Waals surface area contributed by atoms with Crippen LogP contribution in [0.25, 0.3) is 0 Å². The Bertz CT molecular complexity index is 513. The first-order valence-corrected chi connectivity index (χ1v) is 6.87. The predicted octanol–water partition coefficient (Wildman–Crippen LogP) is 4.42. The molecule has 0 N–H and O–H groups in total. The summed E-state index contributed by atoms with van der Waals surface area (Å²) in [6, 6.07) is 5.52. The van der Waals surface area contributed by atoms with E-state index in [9.17, 15) is 0 Å². The molecule has 0 saturated heterocycles. The smallest absolute Gasteiger partial charge is 0.140 e. The summed E-state index contributed by atoms with van der Waals surface area (Å²) < 4.78 is 5.69. The van der Waals surface area contributed by atoms with E-state index in [0.29, 0.717) is 17.5 Å². The maximum atomic E-state index is 6.04. The Hall–Kier alpha value is -0.770. The fourth-order valence-electron chi connectivity index (χ4n) is 1.41. The van der Waals surface area contributed by atoms with E-state index in [4.69, 9.17) is 27.9 Å². The number of ether oxygens (including phenoxy) is 1. The number of aromatic nitrogens is 1. The maximum absolute atomic E-state index is 6.04. The Morgan fingerprint density at radius 1 is 1.41 bits per heavy atom. The molecule has 90 valence electrons. The van der Waals surface area contributed by atoms with Crippen molar-refractivity contribution in [2.75, 3.05) is 0 Å². The van der Waals surface area contributed by atoms with Crippen LogP contribution in [0, 0.1) is 6.92 Å². The fourth-order valence-corrected chi connectivity index (χ4v) is 2.67. The number of halogens is 2. The van der Waals surface area contributed by atoms with Gasteiger partial charge in [0.05, 0.1) is 5.88 Å². The van der Waals surface area contributed by atoms with Gasteiger partial charge in [-0.1, -0.05) is 17.7 Å². The number of benzene rings is 1. The van der Waals surface area contributed by atoms with E-state index in [1.807, 2.05) is 24.4 Å². The zero-order valence-corrected chi connectivity index (χ0v) is 11.6. The summed E-state index contributed by atoms with van der Waals surface area (Å²) in [5.74, 6) is 1.06. The Morgan fingerprint density at radius 2 is 2.24 bits per heavy atom. The summed E-state index contributed by atoms with van der Waals surface area (Å²) in [5, 5.41) is 3.58. The number of alkyl halides is 1. The van der Waals surface area contributed by atoms with Gasteiger partial charge in [-0.05, 0) is 19.1 Å². The van der Waals surface area contributed by atoms with Crippen LogP contribution in [0.4, 0.5) is 0 Å². The number of hydrogen-bond donors (Lipinski definition) is 0. The topological polar surface area (TPSA) is 22.1 Å². The SMILES string of the molecule is Cc1csc(COc2cccc(Cl)c2CCl)n1. The quantitative estimate of drug-likeness (QED) is 0.777. The molecule has 0 saturated carbocycles. The van der Waals surface area contributed by atoms with Crippen LogP contribution in [0.15, 0.2) is 23.6 Å². The van der Waals surface area contributed by atoms with E-state index in [-0.39, 0.29) is 0 Å². The normalized spacial score (nSPS) is 10.5. The van der Waals surface area contributed by atoms with Gasteiger partial charge in [0.1, 0.15) is 17.4 Å². The first-order valence-electron chi connectivity index (χ1n) is 5.08. The number of hydrogen-bond acceptors (Lipinski definition) is 3. The van der Waals surface area contributed by atoms with Crippen LogP contribution in [-0.4, -0.2) is 4.98 Å². The predicted molar refractivity (Wildman–Crippen MR) is 72.2 cm³/mol. The van der Waals surface area contributed by atoms with Crippen molar-refractivity contribution in [3.63, 3.8) is 0 Å². The van der Waals surface area contributed by atoms with Crippen molar-refractivity contribution in [2.24, 2.45) is 0 Å². The van der Waals surface area contributed by atoms with Crippen molar-refractivity contribution in [3.8, 4) is 5.75 Å². The molecule has 0 amide bonds. The van der Waals surface area contributed by atoms with Crippen LogP contribution < -0.4 is 4.74 Å². The van der Waals surface area contributed by atoms with Crippen molar-refractivity contribution in [1.82, 2.24) is 4.98 Å². The van der Waals surface area contributed by atoms with E-state index >= 15 is 0 Å². The molecule has 2 aromatic rings. The molecular weight excluding hydrogens is 277 g/mol. The summed E-state index contributed by atoms with van der Waals surface area (Å²) in [4.78, 5) is 4.33. The Balaban J connectivity index is 2.11. The second-order valence-corrected chi connectivity index (χ2v) is 5.14. The zero-order chi connectivity index (χ0) is 12.3. The fraction of sp³-hybridized carbons (Fsp3) is 0.250. The third-order valence-electron chi connectivity index (χ3n) is 2.23. The van der Waals surface area contributed by atoms with Crippen LogP contribution in [-0.2, 0) is 12.5 Å². The van der Waals surface area contributed by atoms with Gasteiger partial charge < -0.3 is 4.74 Å². The highest BCUT2D eigenvalue weighted by atomic mass is 35.5. The molecule has 0 fully saturated rings. The van der Waals surface area contributed by atoms with Gasteiger partial charge >= 0.3 is 0 Å². The van der Waals surface area contributed by atoms with E-state index in [0.717, 1.165) is 22.0 Å². The Morgan fingerprint density at radius 3 is 2.88 bits per heavy atom. The largest absolute Gasteiger partial charge is 0.486 e. The molecule has 1 heterocycles. The molecule has 2 rings (SSSR count). The zero-order valence-electron chi connectivity index (χ0n) is 9.24. The number of aryl methyl sites for hydroxylation is 1. The lowest BCUT2D eigenvalue weighted by atomic mass is 10.2. The average molecular weight is 288 g/mol. The second-order valence-electron chi connectivity index (χ2n) is 3.52. The van der Waals surface area contributed by atoms with Crippen molar-refractivity contribution in [3.05, 3.63) is 44.9 Å². The lowest BCUT2D eigenvalue weighted by Gasteiger charge is -2.09. The van der Waals surface area contributed by atoms with Gasteiger partial charge in [0, 0.05) is 21.7 Å². The molecule has 1 aromatic carbocycles. The maximum Gasteiger partial charge on any atom is 0.140 e. The molecule has 2 nitrogen and oxygen atoms in total. The van der Waals surface area contributed by atoms with Crippen LogP contribution in [0.5, 0.6) is 5.75 Å². The van der Waals surface area contributed by atoms with Crippen molar-refractivity contribution in [1.29, 1.82) is 0 Å². The van der Waals surface area contributed by atoms with Gasteiger partial charge in [-0.3, -0.25) is 0 Å². The Labute approximate surface area is 114 Å². The first-order chi connectivity index (χ1) is 8.20. The minimum atomic E-state index is 0.339. The van der Waals surface area contributed by atoms with Crippen LogP contribution in [0.1, 0.15) is 16.3 Å². The molecule has 0 aliphatic carbocycles. The van der Waals surface area contributed by atoms with Gasteiger partial charge in [0.15, 0.2) is 0 Å². The van der Waals surface area contributed by atoms with Gasteiger partial charge in [-0.15, -0.1) is 22.9 Å². The third-order valence-corrected chi connectivity index (χ3v) is 3.79. The van der Waals surface area contributed by atoms with E-state index in [1.165, 1.54) is 0 Å². The van der Waals surface area contributed by atoms with Crippen LogP contribution in [0.2, 0.25) is 5.02 Å². The lowest BCUT2D eigenvalue weighted by molar-refractivity contribution is 0.303. The Kier molecular flexibility index (Phi) is 4.26. The summed E-state index contributed by atoms with van der Waals surface area (Å²) in [7, 11) is 0. The van der Waals surface area contributed by atoms with Gasteiger partial charge in [-0.2, -0.15) is 0 Å². The summed E-state index contributed by atoms with van der Waals surface area (Å²) in [6.45, 7) is 2.41. The van der Waals surface area contributed by atoms with Crippen molar-refractivity contribution in [2.45, 2.75) is 19.4 Å². The highest BCUT2D eigenvalue weighted by Gasteiger charge is 2.08. The molecule has 0 atom stereocenters. The van der Waals surface area contributed by atoms with Crippen molar-refractivity contribution >= 4 is 34.5 Å². The van der Waals surface area contributed by atoms with Crippen LogP contribution >= 0.6 is 34.5 Å². The molecular formula is C12H11Cl2NOS. The molecule has 0 spiro atoms. The summed E-state index contributed by atoms with van der Waals surface area (Å²) in [5.41, 5.74) is 1.83. The first kappa shape index (κ1) is 12.7.